The lowest BCUT2D eigenvalue weighted by molar-refractivity contribution is 0.296. The molecule has 0 spiro atoms. The van der Waals surface area contributed by atoms with Crippen molar-refractivity contribution in [1.82, 2.24) is 9.97 Å². The Morgan fingerprint density at radius 2 is 2.11 bits per heavy atom. The third kappa shape index (κ3) is 3.19. The fourth-order valence-electron chi connectivity index (χ4n) is 1.87. The molecule has 104 valence electrons. The molecule has 0 saturated heterocycles. The van der Waals surface area contributed by atoms with Gasteiger partial charge in [0.1, 0.15) is 16.5 Å². The molecule has 2 heterocycles. The Labute approximate surface area is 121 Å². The van der Waals surface area contributed by atoms with Crippen molar-refractivity contribution in [1.29, 1.82) is 0 Å². The van der Waals surface area contributed by atoms with E-state index in [0.717, 1.165) is 39.8 Å². The number of anilines is 1. The first kappa shape index (κ1) is 14.6. The SMILES string of the molecule is CNc1nc(CSCCCO)nc2sc(C)c(C)c12. The van der Waals surface area contributed by atoms with Gasteiger partial charge in [-0.2, -0.15) is 11.8 Å². The summed E-state index contributed by atoms with van der Waals surface area (Å²) < 4.78 is 0. The molecule has 0 radical (unpaired) electrons. The van der Waals surface area contributed by atoms with Crippen LogP contribution in [0.1, 0.15) is 22.7 Å². The summed E-state index contributed by atoms with van der Waals surface area (Å²) in [6.07, 6.45) is 0.822. The summed E-state index contributed by atoms with van der Waals surface area (Å²) >= 11 is 3.49. The number of aromatic nitrogens is 2. The molecule has 19 heavy (non-hydrogen) atoms. The van der Waals surface area contributed by atoms with E-state index in [1.807, 2.05) is 7.05 Å². The quantitative estimate of drug-likeness (QED) is 0.803. The average molecular weight is 297 g/mol. The zero-order valence-corrected chi connectivity index (χ0v) is 13.1. The number of nitrogens with one attached hydrogen (secondary N) is 1. The van der Waals surface area contributed by atoms with Gasteiger partial charge in [0.15, 0.2) is 0 Å². The lowest BCUT2D eigenvalue weighted by atomic mass is 10.2. The summed E-state index contributed by atoms with van der Waals surface area (Å²) in [6, 6.07) is 0. The molecule has 0 saturated carbocycles. The molecule has 4 nitrogen and oxygen atoms in total. The van der Waals surface area contributed by atoms with Gasteiger partial charge in [0.2, 0.25) is 0 Å². The van der Waals surface area contributed by atoms with E-state index >= 15 is 0 Å². The van der Waals surface area contributed by atoms with E-state index in [1.54, 1.807) is 23.1 Å². The topological polar surface area (TPSA) is 58.0 Å². The number of aliphatic hydroxyl groups excluding tert-OH is 1. The number of nitrogens with zero attached hydrogens (tertiary/aromatic N) is 2. The molecule has 0 unspecified atom stereocenters. The first-order valence-electron chi connectivity index (χ1n) is 6.30. The van der Waals surface area contributed by atoms with Crippen molar-refractivity contribution < 1.29 is 5.11 Å². The molecule has 0 fully saturated rings. The number of thiophene rings is 1. The van der Waals surface area contributed by atoms with Crippen LogP contribution in [0.25, 0.3) is 10.2 Å². The van der Waals surface area contributed by atoms with Crippen LogP contribution >= 0.6 is 23.1 Å². The summed E-state index contributed by atoms with van der Waals surface area (Å²) in [7, 11) is 1.90. The van der Waals surface area contributed by atoms with Crippen molar-refractivity contribution in [3.8, 4) is 0 Å². The second-order valence-corrected chi connectivity index (χ2v) is 6.64. The molecule has 0 aliphatic heterocycles. The van der Waals surface area contributed by atoms with E-state index in [9.17, 15) is 0 Å². The highest BCUT2D eigenvalue weighted by atomic mass is 32.2. The van der Waals surface area contributed by atoms with Gasteiger partial charge >= 0.3 is 0 Å². The molecule has 0 aromatic carbocycles. The minimum absolute atomic E-state index is 0.248. The Bertz CT molecular complexity index is 569. The third-order valence-electron chi connectivity index (χ3n) is 2.99. The molecular weight excluding hydrogens is 278 g/mol. The zero-order valence-electron chi connectivity index (χ0n) is 11.5. The Kier molecular flexibility index (Phi) is 5.01. The van der Waals surface area contributed by atoms with E-state index in [0.29, 0.717) is 0 Å². The van der Waals surface area contributed by atoms with Crippen molar-refractivity contribution in [3.05, 3.63) is 16.3 Å². The second-order valence-electron chi connectivity index (χ2n) is 4.33. The monoisotopic (exact) mass is 297 g/mol. The Balaban J connectivity index is 2.27. The van der Waals surface area contributed by atoms with Gasteiger partial charge in [-0.05, 0) is 31.6 Å². The van der Waals surface area contributed by atoms with Gasteiger partial charge in [-0.15, -0.1) is 11.3 Å². The van der Waals surface area contributed by atoms with Gasteiger partial charge in [0.25, 0.3) is 0 Å². The fourth-order valence-corrected chi connectivity index (χ4v) is 3.71. The van der Waals surface area contributed by atoms with Crippen LogP contribution in [0.3, 0.4) is 0 Å². The molecule has 0 aliphatic carbocycles. The first-order valence-corrected chi connectivity index (χ1v) is 8.27. The number of fused-ring (bicyclic) bond motifs is 1. The molecule has 2 aromatic heterocycles. The molecule has 2 rings (SSSR count). The first-order chi connectivity index (χ1) is 9.17. The maximum Gasteiger partial charge on any atom is 0.142 e. The van der Waals surface area contributed by atoms with Crippen LogP contribution in [0.2, 0.25) is 0 Å². The summed E-state index contributed by atoms with van der Waals surface area (Å²) in [4.78, 5) is 11.6. The van der Waals surface area contributed by atoms with E-state index < -0.39 is 0 Å². The largest absolute Gasteiger partial charge is 0.396 e. The van der Waals surface area contributed by atoms with E-state index in [1.165, 1.54) is 10.4 Å². The molecule has 6 heteroatoms. The van der Waals surface area contributed by atoms with Gasteiger partial charge in [-0.25, -0.2) is 9.97 Å². The van der Waals surface area contributed by atoms with Crippen molar-refractivity contribution in [3.63, 3.8) is 0 Å². The van der Waals surface area contributed by atoms with E-state index in [4.69, 9.17) is 5.11 Å². The summed E-state index contributed by atoms with van der Waals surface area (Å²) in [5.41, 5.74) is 1.27. The Hall–Kier alpha value is -0.850. The van der Waals surface area contributed by atoms with Crippen molar-refractivity contribution in [2.75, 3.05) is 24.7 Å². The fraction of sp³-hybridized carbons (Fsp3) is 0.538. The maximum absolute atomic E-state index is 8.77. The lowest BCUT2D eigenvalue weighted by Gasteiger charge is -2.06. The highest BCUT2D eigenvalue weighted by molar-refractivity contribution is 7.98. The standard InChI is InChI=1S/C13H19N3OS2/c1-8-9(2)19-13-11(8)12(14-3)15-10(16-13)7-18-6-4-5-17/h17H,4-7H2,1-3H3,(H,14,15,16). The summed E-state index contributed by atoms with van der Waals surface area (Å²) in [6.45, 7) is 4.49. The van der Waals surface area contributed by atoms with Gasteiger partial charge in [-0.1, -0.05) is 0 Å². The van der Waals surface area contributed by atoms with Crippen LogP contribution in [-0.4, -0.2) is 34.5 Å². The van der Waals surface area contributed by atoms with Crippen LogP contribution in [0, 0.1) is 13.8 Å². The number of thioether (sulfide) groups is 1. The third-order valence-corrected chi connectivity index (χ3v) is 5.13. The highest BCUT2D eigenvalue weighted by Gasteiger charge is 2.13. The molecule has 0 aliphatic rings. The van der Waals surface area contributed by atoms with E-state index in [2.05, 4.69) is 29.1 Å². The van der Waals surface area contributed by atoms with Gasteiger partial charge in [-0.3, -0.25) is 0 Å². The smallest absolute Gasteiger partial charge is 0.142 e. The van der Waals surface area contributed by atoms with Gasteiger partial charge in [0.05, 0.1) is 11.1 Å². The molecular formula is C13H19N3OS2. The predicted octanol–water partition coefficient (Wildman–Crippen LogP) is 2.97. The number of hydrogen-bond acceptors (Lipinski definition) is 6. The van der Waals surface area contributed by atoms with Crippen molar-refractivity contribution >= 4 is 39.1 Å². The zero-order chi connectivity index (χ0) is 13.8. The van der Waals surface area contributed by atoms with Crippen LogP contribution in [-0.2, 0) is 5.75 Å². The number of hydrogen-bond donors (Lipinski definition) is 2. The van der Waals surface area contributed by atoms with Crippen LogP contribution in [0.4, 0.5) is 5.82 Å². The molecule has 2 aromatic rings. The molecule has 0 bridgehead atoms. The van der Waals surface area contributed by atoms with Crippen LogP contribution in [0.5, 0.6) is 0 Å². The number of aliphatic hydroxyl groups is 1. The van der Waals surface area contributed by atoms with Crippen molar-refractivity contribution in [2.45, 2.75) is 26.0 Å². The highest BCUT2D eigenvalue weighted by Crippen LogP contribution is 2.33. The number of aryl methyl sites for hydroxylation is 2. The Morgan fingerprint density at radius 1 is 1.32 bits per heavy atom. The Morgan fingerprint density at radius 3 is 2.79 bits per heavy atom. The minimum Gasteiger partial charge on any atom is -0.396 e. The summed E-state index contributed by atoms with van der Waals surface area (Å²) in [5.74, 6) is 3.52. The molecule has 0 atom stereocenters. The van der Waals surface area contributed by atoms with Crippen LogP contribution < -0.4 is 5.32 Å². The second kappa shape index (κ2) is 6.54. The lowest BCUT2D eigenvalue weighted by Crippen LogP contribution is -2.00. The predicted molar refractivity (Wildman–Crippen MR) is 84.3 cm³/mol. The average Bonchev–Trinajstić information content (AvgIpc) is 2.69. The van der Waals surface area contributed by atoms with Gasteiger partial charge in [0, 0.05) is 18.5 Å². The normalized spacial score (nSPS) is 11.2. The van der Waals surface area contributed by atoms with E-state index in [-0.39, 0.29) is 6.61 Å². The number of rotatable bonds is 6. The molecule has 2 N–H and O–H groups in total. The van der Waals surface area contributed by atoms with Crippen LogP contribution in [0.15, 0.2) is 0 Å². The summed E-state index contributed by atoms with van der Waals surface area (Å²) in [5, 5.41) is 13.1. The maximum atomic E-state index is 8.77. The van der Waals surface area contributed by atoms with Crippen molar-refractivity contribution in [2.24, 2.45) is 0 Å². The van der Waals surface area contributed by atoms with Gasteiger partial charge < -0.3 is 10.4 Å². The molecule has 0 amide bonds. The minimum atomic E-state index is 0.248.